The minimum atomic E-state index is -2.02. The van der Waals surface area contributed by atoms with Gasteiger partial charge in [-0.3, -0.25) is 62.9 Å². The second kappa shape index (κ2) is 47.8. The van der Waals surface area contributed by atoms with Crippen molar-refractivity contribution in [2.24, 2.45) is 17.4 Å². The standard InChI is InChI=1S/C75H118N12O19/c1-7-10-11-12-13-14-15-16-17-18-19-20-21-25-51(90)43-61(92)79-54(24-8-2)68(98)80-55(26-22-40-76)70(100)84-62(93)44-53-49-30-34-52(35-31-49)106-75(105)64(45(4)9-3)85-71(101)58(42-48-28-32-50(89)33-29-48)83-69(99)56(36-38-60(77)91)81-72(102)59-27-23-41-87(59)74(104)46(5)78-67(97)57(37-39-63(94)95)82-73(103)65(47(6)88)86-66(53)96/h28-35,45-47,51,53-59,63-65,88-90,94-95H,7-27,36-44,76H2,1-6H3,(H2,77,91)(H,78,97)(H,79,92)(H,80,98)(H,81,102)(H,82,103)(H,83,99)(H,85,101)(H,86,96)(H,84,93,100). The van der Waals surface area contributed by atoms with Gasteiger partial charge in [0.2, 0.25) is 70.9 Å². The number of aliphatic hydroxyl groups is 4. The van der Waals surface area contributed by atoms with Crippen molar-refractivity contribution < 1.29 is 92.6 Å². The number of carbonyl (C=O) groups is 13. The molecule has 0 aliphatic carbocycles. The third-order valence-corrected chi connectivity index (χ3v) is 19.2. The lowest BCUT2D eigenvalue weighted by Gasteiger charge is -2.30. The predicted octanol–water partition coefficient (Wildman–Crippen LogP) is 2.11. The molecule has 31 heteroatoms. The Morgan fingerprint density at radius 3 is 1.75 bits per heavy atom. The molecule has 2 aromatic rings. The highest BCUT2D eigenvalue weighted by atomic mass is 16.5. The first-order chi connectivity index (χ1) is 50.5. The molecule has 592 valence electrons. The molecule has 13 atom stereocenters. The number of aliphatic hydroxyl groups excluding tert-OH is 3. The molecule has 18 N–H and O–H groups in total. The molecule has 13 unspecified atom stereocenters. The second-order valence-corrected chi connectivity index (χ2v) is 28.1. The number of nitrogens with zero attached hydrogens (tertiary/aromatic N) is 1. The van der Waals surface area contributed by atoms with Gasteiger partial charge in [-0.15, -0.1) is 0 Å². The Balaban J connectivity index is 1.68. The van der Waals surface area contributed by atoms with Crippen LogP contribution >= 0.6 is 0 Å². The number of nitrogens with two attached hydrogens (primary N) is 2. The van der Waals surface area contributed by atoms with E-state index in [0.717, 1.165) is 43.9 Å². The molecule has 0 radical (unpaired) electrons. The third kappa shape index (κ3) is 31.8. The molecule has 3 aliphatic rings. The maximum Gasteiger partial charge on any atom is 0.334 e. The summed E-state index contributed by atoms with van der Waals surface area (Å²) >= 11 is 0. The molecule has 0 saturated carbocycles. The molecular formula is C75H118N12O19. The van der Waals surface area contributed by atoms with E-state index < -0.39 is 187 Å². The zero-order valence-corrected chi connectivity index (χ0v) is 62.5. The summed E-state index contributed by atoms with van der Waals surface area (Å²) in [7, 11) is 0. The number of rotatable bonds is 38. The fourth-order valence-corrected chi connectivity index (χ4v) is 12.7. The zero-order chi connectivity index (χ0) is 78.4. The van der Waals surface area contributed by atoms with E-state index >= 15 is 0 Å². The molecule has 1 saturated heterocycles. The number of esters is 1. The summed E-state index contributed by atoms with van der Waals surface area (Å²) in [6.45, 7) is 9.77. The lowest BCUT2D eigenvalue weighted by Crippen LogP contribution is -2.60. The Kier molecular flexibility index (Phi) is 40.5. The number of fused-ring (bicyclic) bond motifs is 22. The summed E-state index contributed by atoms with van der Waals surface area (Å²) in [4.78, 5) is 184. The SMILES string of the molecule is CCCCCCCCCCCCCCCC(O)CC(=O)NC(CCC)C(=O)NC(CCCN)C(=O)NC(=O)CC1C(=O)NC(C(C)O)C(=O)NC(CCC(O)O)C(=O)NC(C)C(=O)N2CCCC2C(=O)NC(CCC(N)=O)C(=O)NC(Cc2ccc(O)cc2)C(=O)NC(C(C)CC)C(=O)Oc2ccc1cc2. The van der Waals surface area contributed by atoms with Gasteiger partial charge in [-0.2, -0.15) is 0 Å². The van der Waals surface area contributed by atoms with Gasteiger partial charge in [-0.05, 0) is 113 Å². The first-order valence-electron chi connectivity index (χ1n) is 37.9. The van der Waals surface area contributed by atoms with Gasteiger partial charge in [0.25, 0.3) is 0 Å². The molecule has 106 heavy (non-hydrogen) atoms. The summed E-state index contributed by atoms with van der Waals surface area (Å²) in [5, 5.41) is 74.6. The van der Waals surface area contributed by atoms with E-state index in [1.165, 1.54) is 107 Å². The van der Waals surface area contributed by atoms with Crippen molar-refractivity contribution in [3.63, 3.8) is 0 Å². The van der Waals surface area contributed by atoms with Crippen LogP contribution in [0.5, 0.6) is 11.5 Å². The number of imide groups is 1. The number of carbonyl (C=O) groups excluding carboxylic acids is 13. The average Bonchev–Trinajstić information content (AvgIpc) is 1.32. The Morgan fingerprint density at radius 2 is 1.16 bits per heavy atom. The monoisotopic (exact) mass is 1490 g/mol. The highest BCUT2D eigenvalue weighted by Crippen LogP contribution is 2.26. The van der Waals surface area contributed by atoms with Crippen LogP contribution in [0.15, 0.2) is 48.5 Å². The van der Waals surface area contributed by atoms with Crippen molar-refractivity contribution in [2.45, 2.75) is 300 Å². The smallest absolute Gasteiger partial charge is 0.334 e. The number of nitrogens with one attached hydrogen (secondary N) is 9. The maximum absolute atomic E-state index is 14.8. The number of aromatic hydroxyl groups is 1. The molecule has 31 nitrogen and oxygen atoms in total. The number of amides is 12. The number of ether oxygens (including phenoxy) is 1. The summed E-state index contributed by atoms with van der Waals surface area (Å²) in [6, 6.07) is -2.86. The molecule has 12 amide bonds. The molecule has 2 aromatic carbocycles. The van der Waals surface area contributed by atoms with Crippen LogP contribution in [0.4, 0.5) is 0 Å². The molecule has 0 spiro atoms. The Labute approximate surface area is 621 Å². The molecule has 3 heterocycles. The van der Waals surface area contributed by atoms with Crippen LogP contribution in [0, 0.1) is 5.92 Å². The van der Waals surface area contributed by atoms with Crippen LogP contribution in [0.2, 0.25) is 0 Å². The van der Waals surface area contributed by atoms with Crippen LogP contribution in [-0.2, 0) is 68.7 Å². The fraction of sp³-hybridized carbons (Fsp3) is 0.667. The zero-order valence-electron chi connectivity index (χ0n) is 62.5. The molecule has 3 aliphatic heterocycles. The van der Waals surface area contributed by atoms with E-state index in [2.05, 4.69) is 54.8 Å². The Morgan fingerprint density at radius 1 is 0.594 bits per heavy atom. The number of phenolic OH excluding ortho intramolecular Hbond substituents is 1. The van der Waals surface area contributed by atoms with Gasteiger partial charge >= 0.3 is 5.97 Å². The Hall–Kier alpha value is -8.65. The Bertz CT molecular complexity index is 3180. The van der Waals surface area contributed by atoms with Crippen molar-refractivity contribution in [1.82, 2.24) is 52.8 Å². The van der Waals surface area contributed by atoms with Gasteiger partial charge in [0, 0.05) is 32.2 Å². The first kappa shape index (κ1) is 89.7. The summed E-state index contributed by atoms with van der Waals surface area (Å²) in [6.07, 6.45) is 8.59. The molecule has 1 fully saturated rings. The van der Waals surface area contributed by atoms with Crippen LogP contribution in [0.3, 0.4) is 0 Å². The lowest BCUT2D eigenvalue weighted by molar-refractivity contribution is -0.142. The average molecular weight is 1490 g/mol. The number of hydrogen-bond acceptors (Lipinski definition) is 20. The van der Waals surface area contributed by atoms with E-state index in [-0.39, 0.29) is 87.9 Å². The number of primary amides is 1. The number of unbranched alkanes of at least 4 members (excludes halogenated alkanes) is 12. The number of phenols is 1. The van der Waals surface area contributed by atoms with Crippen molar-refractivity contribution in [2.75, 3.05) is 13.1 Å². The summed E-state index contributed by atoms with van der Waals surface area (Å²) in [5.74, 6) is -15.0. The van der Waals surface area contributed by atoms with Crippen LogP contribution in [0.25, 0.3) is 0 Å². The van der Waals surface area contributed by atoms with Crippen molar-refractivity contribution >= 4 is 76.9 Å². The largest absolute Gasteiger partial charge is 0.508 e. The van der Waals surface area contributed by atoms with E-state index in [9.17, 15) is 87.9 Å². The normalized spacial score (nSPS) is 21.8. The van der Waals surface area contributed by atoms with Crippen LogP contribution < -0.4 is 64.1 Å². The van der Waals surface area contributed by atoms with E-state index in [0.29, 0.717) is 18.4 Å². The van der Waals surface area contributed by atoms with Gasteiger partial charge in [-0.25, -0.2) is 4.79 Å². The summed E-state index contributed by atoms with van der Waals surface area (Å²) in [5.41, 5.74) is 11.7. The van der Waals surface area contributed by atoms with Gasteiger partial charge in [-0.1, -0.05) is 148 Å². The molecule has 0 aromatic heterocycles. The highest BCUT2D eigenvalue weighted by molar-refractivity contribution is 6.03. The lowest BCUT2D eigenvalue weighted by atomic mass is 9.93. The van der Waals surface area contributed by atoms with Gasteiger partial charge in [0.05, 0.1) is 24.5 Å². The van der Waals surface area contributed by atoms with E-state index in [4.69, 9.17) is 16.2 Å². The van der Waals surface area contributed by atoms with Gasteiger partial charge in [0.1, 0.15) is 65.9 Å². The third-order valence-electron chi connectivity index (χ3n) is 19.2. The van der Waals surface area contributed by atoms with Gasteiger partial charge in [0.15, 0.2) is 6.29 Å². The minimum absolute atomic E-state index is 0.0172. The predicted molar refractivity (Wildman–Crippen MR) is 391 cm³/mol. The topological polar surface area (TPSA) is 496 Å². The van der Waals surface area contributed by atoms with Crippen molar-refractivity contribution in [3.05, 3.63) is 59.7 Å². The van der Waals surface area contributed by atoms with E-state index in [1.54, 1.807) is 20.8 Å². The fourth-order valence-electron chi connectivity index (χ4n) is 12.7. The minimum Gasteiger partial charge on any atom is -0.508 e. The van der Waals surface area contributed by atoms with Crippen LogP contribution in [0.1, 0.15) is 232 Å². The quantitative estimate of drug-likeness (QED) is 0.0150. The number of benzene rings is 2. The highest BCUT2D eigenvalue weighted by Gasteiger charge is 2.41. The second-order valence-electron chi connectivity index (χ2n) is 28.1. The number of hydrogen-bond donors (Lipinski definition) is 16. The van der Waals surface area contributed by atoms with E-state index in [1.807, 2.05) is 0 Å². The van der Waals surface area contributed by atoms with Crippen molar-refractivity contribution in [1.29, 1.82) is 0 Å². The maximum atomic E-state index is 14.8. The molecular weight excluding hydrogens is 1370 g/mol. The molecule has 2 bridgehead atoms. The molecule has 5 rings (SSSR count). The first-order valence-corrected chi connectivity index (χ1v) is 37.9. The van der Waals surface area contributed by atoms with Gasteiger partial charge < -0.3 is 89.2 Å². The van der Waals surface area contributed by atoms with Crippen LogP contribution in [-0.4, -0.2) is 193 Å². The summed E-state index contributed by atoms with van der Waals surface area (Å²) < 4.78 is 5.83. The van der Waals surface area contributed by atoms with Crippen molar-refractivity contribution in [3.8, 4) is 11.5 Å².